The molecule has 2 amide bonds. The van der Waals surface area contributed by atoms with E-state index in [1.165, 1.54) is 4.90 Å². The van der Waals surface area contributed by atoms with Crippen molar-refractivity contribution in [2.45, 2.75) is 6.54 Å². The van der Waals surface area contributed by atoms with E-state index in [1.807, 2.05) is 24.7 Å². The highest BCUT2D eigenvalue weighted by atomic mass is 35.5. The zero-order chi connectivity index (χ0) is 19.7. The van der Waals surface area contributed by atoms with Crippen molar-refractivity contribution in [1.29, 1.82) is 0 Å². The minimum absolute atomic E-state index is 0.196. The Bertz CT molecular complexity index is 894. The highest BCUT2D eigenvalue weighted by Crippen LogP contribution is 2.36. The number of carbonyl (C=O) groups excluding carboxylic acids is 1. The monoisotopic (exact) mass is 408 g/mol. The van der Waals surface area contributed by atoms with Crippen molar-refractivity contribution in [2.75, 3.05) is 37.4 Å². The molecule has 144 valence electrons. The molecule has 0 spiro atoms. The van der Waals surface area contributed by atoms with E-state index in [4.69, 9.17) is 23.2 Å². The van der Waals surface area contributed by atoms with Gasteiger partial charge in [-0.15, -0.1) is 0 Å². The number of halogens is 2. The quantitative estimate of drug-likeness (QED) is 0.718. The molecular formula is C18H22Cl2N6O. The maximum Gasteiger partial charge on any atom is 0.330 e. The van der Waals surface area contributed by atoms with Gasteiger partial charge in [0.05, 0.1) is 22.3 Å². The van der Waals surface area contributed by atoms with Crippen LogP contribution in [0.25, 0.3) is 5.70 Å². The molecule has 1 aliphatic heterocycles. The maximum absolute atomic E-state index is 12.9. The van der Waals surface area contributed by atoms with Crippen LogP contribution in [0.3, 0.4) is 0 Å². The zero-order valence-corrected chi connectivity index (χ0v) is 17.0. The Morgan fingerprint density at radius 2 is 1.93 bits per heavy atom. The van der Waals surface area contributed by atoms with Gasteiger partial charge in [0, 0.05) is 27.2 Å². The summed E-state index contributed by atoms with van der Waals surface area (Å²) in [6.07, 6.45) is 0. The molecule has 0 aliphatic carbocycles. The van der Waals surface area contributed by atoms with Gasteiger partial charge in [0.2, 0.25) is 5.95 Å². The number of amides is 2. The number of hydrogen-bond acceptors (Lipinski definition) is 4. The third kappa shape index (κ3) is 3.63. The fourth-order valence-corrected chi connectivity index (χ4v) is 3.32. The summed E-state index contributed by atoms with van der Waals surface area (Å²) in [5, 5.41) is 7.27. The second-order valence-electron chi connectivity index (χ2n) is 6.32. The Labute approximate surface area is 168 Å². The Kier molecular flexibility index (Phi) is 5.64. The van der Waals surface area contributed by atoms with Crippen molar-refractivity contribution in [2.24, 2.45) is 7.05 Å². The number of imidazole rings is 1. The van der Waals surface area contributed by atoms with E-state index in [9.17, 15) is 4.79 Å². The molecule has 0 radical (unpaired) electrons. The standard InChI is InChI=1S/C18H22Cl2N6O/c1-11-15-16(23-17(24(15)3)22-8-7-21-2)25(4)18(27)26(11)10-12-5-6-13(19)14(20)9-12/h5-6,9,21H,1,7-8,10H2,2-4H3,(H,22,23). The summed E-state index contributed by atoms with van der Waals surface area (Å²) >= 11 is 12.1. The molecule has 1 aliphatic rings. The number of rotatable bonds is 6. The van der Waals surface area contributed by atoms with E-state index < -0.39 is 0 Å². The lowest BCUT2D eigenvalue weighted by Gasteiger charge is -2.34. The van der Waals surface area contributed by atoms with Gasteiger partial charge in [0.25, 0.3) is 0 Å². The lowest BCUT2D eigenvalue weighted by Crippen LogP contribution is -2.44. The number of anilines is 2. The van der Waals surface area contributed by atoms with Crippen LogP contribution < -0.4 is 15.5 Å². The Hall–Kier alpha value is -2.22. The third-order valence-electron chi connectivity index (χ3n) is 4.49. The minimum Gasteiger partial charge on any atom is -0.354 e. The number of aromatic nitrogens is 2. The van der Waals surface area contributed by atoms with Gasteiger partial charge in [-0.1, -0.05) is 35.8 Å². The topological polar surface area (TPSA) is 65.4 Å². The average molecular weight is 409 g/mol. The van der Waals surface area contributed by atoms with Gasteiger partial charge in [0.1, 0.15) is 5.69 Å². The molecule has 0 saturated carbocycles. The lowest BCUT2D eigenvalue weighted by molar-refractivity contribution is 0.222. The highest BCUT2D eigenvalue weighted by Gasteiger charge is 2.35. The molecule has 3 rings (SSSR count). The first-order valence-electron chi connectivity index (χ1n) is 8.48. The van der Waals surface area contributed by atoms with Crippen LogP contribution in [0.4, 0.5) is 16.6 Å². The molecule has 27 heavy (non-hydrogen) atoms. The van der Waals surface area contributed by atoms with Crippen molar-refractivity contribution in [3.05, 3.63) is 46.1 Å². The second kappa shape index (κ2) is 7.80. The van der Waals surface area contributed by atoms with Crippen molar-refractivity contribution >= 4 is 46.7 Å². The lowest BCUT2D eigenvalue weighted by atomic mass is 10.1. The van der Waals surface area contributed by atoms with E-state index in [1.54, 1.807) is 24.1 Å². The van der Waals surface area contributed by atoms with Crippen LogP contribution in [0.2, 0.25) is 10.0 Å². The second-order valence-corrected chi connectivity index (χ2v) is 7.13. The van der Waals surface area contributed by atoms with Crippen molar-refractivity contribution < 1.29 is 4.79 Å². The molecule has 0 fully saturated rings. The first-order valence-corrected chi connectivity index (χ1v) is 9.24. The van der Waals surface area contributed by atoms with Gasteiger partial charge in [-0.25, -0.2) is 4.79 Å². The maximum atomic E-state index is 12.9. The smallest absolute Gasteiger partial charge is 0.330 e. The number of hydrogen-bond donors (Lipinski definition) is 2. The van der Waals surface area contributed by atoms with Gasteiger partial charge >= 0.3 is 6.03 Å². The third-order valence-corrected chi connectivity index (χ3v) is 5.23. The normalized spacial score (nSPS) is 14.0. The number of carbonyl (C=O) groups is 1. The molecule has 0 atom stereocenters. The van der Waals surface area contributed by atoms with E-state index in [0.717, 1.165) is 24.3 Å². The molecule has 2 aromatic rings. The molecule has 1 aromatic heterocycles. The number of likely N-dealkylation sites (N-methyl/N-ethyl adjacent to an activating group) is 1. The van der Waals surface area contributed by atoms with Crippen molar-refractivity contribution in [1.82, 2.24) is 19.8 Å². The Balaban J connectivity index is 1.91. The summed E-state index contributed by atoms with van der Waals surface area (Å²) in [6.45, 7) is 6.01. The van der Waals surface area contributed by atoms with Crippen LogP contribution in [-0.2, 0) is 13.6 Å². The molecule has 2 N–H and O–H groups in total. The summed E-state index contributed by atoms with van der Waals surface area (Å²) in [5.74, 6) is 1.28. The number of benzene rings is 1. The van der Waals surface area contributed by atoms with Crippen LogP contribution in [0, 0.1) is 0 Å². The van der Waals surface area contributed by atoms with Gasteiger partial charge in [-0.3, -0.25) is 9.80 Å². The Morgan fingerprint density at radius 1 is 1.19 bits per heavy atom. The van der Waals surface area contributed by atoms with Crippen LogP contribution in [0.15, 0.2) is 24.8 Å². The van der Waals surface area contributed by atoms with Crippen LogP contribution in [0.1, 0.15) is 11.3 Å². The van der Waals surface area contributed by atoms with E-state index in [2.05, 4.69) is 22.2 Å². The van der Waals surface area contributed by atoms with E-state index in [-0.39, 0.29) is 6.03 Å². The molecular weight excluding hydrogens is 387 g/mol. The summed E-state index contributed by atoms with van der Waals surface area (Å²) in [4.78, 5) is 20.6. The summed E-state index contributed by atoms with van der Waals surface area (Å²) in [6, 6.07) is 5.13. The molecule has 1 aromatic carbocycles. The van der Waals surface area contributed by atoms with Crippen LogP contribution in [-0.4, -0.2) is 47.7 Å². The van der Waals surface area contributed by atoms with E-state index in [0.29, 0.717) is 34.1 Å². The average Bonchev–Trinajstić information content (AvgIpc) is 2.97. The number of nitrogens with one attached hydrogen (secondary N) is 2. The van der Waals surface area contributed by atoms with Gasteiger partial charge < -0.3 is 15.2 Å². The molecule has 2 heterocycles. The fraction of sp³-hybridized carbons (Fsp3) is 0.333. The molecule has 0 bridgehead atoms. The predicted molar refractivity (Wildman–Crippen MR) is 110 cm³/mol. The number of urea groups is 1. The molecule has 0 saturated heterocycles. The largest absolute Gasteiger partial charge is 0.354 e. The van der Waals surface area contributed by atoms with Crippen molar-refractivity contribution in [3.63, 3.8) is 0 Å². The molecule has 0 unspecified atom stereocenters. The summed E-state index contributed by atoms with van der Waals surface area (Å²) in [7, 11) is 5.50. The summed E-state index contributed by atoms with van der Waals surface area (Å²) in [5.41, 5.74) is 2.25. The first kappa shape index (κ1) is 19.5. The van der Waals surface area contributed by atoms with E-state index >= 15 is 0 Å². The Morgan fingerprint density at radius 3 is 2.59 bits per heavy atom. The van der Waals surface area contributed by atoms with Crippen LogP contribution >= 0.6 is 23.2 Å². The fourth-order valence-electron chi connectivity index (χ4n) is 3.00. The molecule has 7 nitrogen and oxygen atoms in total. The molecule has 9 heteroatoms. The first-order chi connectivity index (χ1) is 12.8. The SMILES string of the molecule is C=C1c2c(nc(NCCNC)n2C)N(C)C(=O)N1Cc1ccc(Cl)c(Cl)c1. The minimum atomic E-state index is -0.196. The van der Waals surface area contributed by atoms with Gasteiger partial charge in [-0.2, -0.15) is 4.98 Å². The van der Waals surface area contributed by atoms with Gasteiger partial charge in [0.15, 0.2) is 5.82 Å². The number of nitrogens with zero attached hydrogens (tertiary/aromatic N) is 4. The predicted octanol–water partition coefficient (Wildman–Crippen LogP) is 3.40. The highest BCUT2D eigenvalue weighted by molar-refractivity contribution is 6.42. The summed E-state index contributed by atoms with van der Waals surface area (Å²) < 4.78 is 1.91. The van der Waals surface area contributed by atoms with Crippen LogP contribution in [0.5, 0.6) is 0 Å². The number of fused-ring (bicyclic) bond motifs is 1. The van der Waals surface area contributed by atoms with Gasteiger partial charge in [-0.05, 0) is 24.7 Å². The zero-order valence-electron chi connectivity index (χ0n) is 15.5. The van der Waals surface area contributed by atoms with Crippen molar-refractivity contribution in [3.8, 4) is 0 Å².